The van der Waals surface area contributed by atoms with Crippen LogP contribution in [0, 0.1) is 17.8 Å². The number of hydrogen-bond donors (Lipinski definition) is 0. The first-order valence-corrected chi connectivity index (χ1v) is 11.4. The van der Waals surface area contributed by atoms with Crippen molar-refractivity contribution in [1.82, 2.24) is 0 Å². The van der Waals surface area contributed by atoms with Gasteiger partial charge in [0.15, 0.2) is 5.83 Å². The highest BCUT2D eigenvalue weighted by molar-refractivity contribution is 5.78. The van der Waals surface area contributed by atoms with E-state index in [0.717, 1.165) is 36.0 Å². The molecule has 1 aromatic rings. The lowest BCUT2D eigenvalue weighted by atomic mass is 9.79. The third-order valence-electron chi connectivity index (χ3n) is 6.68. The molecule has 3 atom stereocenters. The Morgan fingerprint density at radius 2 is 1.72 bits per heavy atom. The van der Waals surface area contributed by atoms with Crippen molar-refractivity contribution in [3.8, 4) is 0 Å². The SMILES string of the molecule is CCC1C=C(F)C(c2ccc(/C=C/C3=CCC(C4C=CC(C)=CC4)C(F)=C3F)cc2)=CC1. The fraction of sp³-hybridized carbons (Fsp3) is 0.310. The van der Waals surface area contributed by atoms with Gasteiger partial charge in [0, 0.05) is 17.1 Å². The molecular formula is C29H29F3. The maximum absolute atomic E-state index is 14.8. The van der Waals surface area contributed by atoms with Crippen molar-refractivity contribution >= 4 is 11.6 Å². The molecule has 3 unspecified atom stereocenters. The quantitative estimate of drug-likeness (QED) is 0.434. The molecule has 0 N–H and O–H groups in total. The maximum Gasteiger partial charge on any atom is 0.161 e. The third kappa shape index (κ3) is 4.82. The van der Waals surface area contributed by atoms with Crippen molar-refractivity contribution < 1.29 is 13.2 Å². The van der Waals surface area contributed by atoms with Crippen LogP contribution in [0.2, 0.25) is 0 Å². The van der Waals surface area contributed by atoms with Gasteiger partial charge in [0.2, 0.25) is 0 Å². The van der Waals surface area contributed by atoms with Crippen molar-refractivity contribution in [3.05, 3.63) is 107 Å². The van der Waals surface area contributed by atoms with E-state index in [1.54, 1.807) is 24.3 Å². The first-order valence-electron chi connectivity index (χ1n) is 11.4. The fourth-order valence-electron chi connectivity index (χ4n) is 4.53. The van der Waals surface area contributed by atoms with Gasteiger partial charge < -0.3 is 0 Å². The van der Waals surface area contributed by atoms with Gasteiger partial charge in [-0.1, -0.05) is 79.3 Å². The number of halogens is 3. The summed E-state index contributed by atoms with van der Waals surface area (Å²) >= 11 is 0. The molecule has 0 heterocycles. The summed E-state index contributed by atoms with van der Waals surface area (Å²) in [6.45, 7) is 4.07. The molecule has 0 saturated carbocycles. The monoisotopic (exact) mass is 434 g/mol. The molecule has 3 aliphatic carbocycles. The number of hydrogen-bond acceptors (Lipinski definition) is 0. The van der Waals surface area contributed by atoms with Gasteiger partial charge in [0.25, 0.3) is 0 Å². The van der Waals surface area contributed by atoms with Gasteiger partial charge in [-0.25, -0.2) is 13.2 Å². The van der Waals surface area contributed by atoms with E-state index in [1.165, 1.54) is 0 Å². The first-order chi connectivity index (χ1) is 15.5. The summed E-state index contributed by atoms with van der Waals surface area (Å²) in [5.41, 5.74) is 3.75. The van der Waals surface area contributed by atoms with E-state index >= 15 is 0 Å². The second kappa shape index (κ2) is 9.77. The molecule has 0 spiro atoms. The van der Waals surface area contributed by atoms with E-state index in [4.69, 9.17) is 0 Å². The van der Waals surface area contributed by atoms with Crippen LogP contribution < -0.4 is 0 Å². The van der Waals surface area contributed by atoms with Crippen LogP contribution in [0.15, 0.2) is 95.4 Å². The van der Waals surface area contributed by atoms with E-state index in [9.17, 15) is 13.2 Å². The fourth-order valence-corrected chi connectivity index (χ4v) is 4.53. The summed E-state index contributed by atoms with van der Waals surface area (Å²) in [7, 11) is 0. The van der Waals surface area contributed by atoms with E-state index < -0.39 is 17.6 Å². The number of rotatable bonds is 5. The highest BCUT2D eigenvalue weighted by Crippen LogP contribution is 2.40. The Balaban J connectivity index is 1.43. The zero-order valence-electron chi connectivity index (χ0n) is 18.6. The Hall–Kier alpha value is -2.81. The topological polar surface area (TPSA) is 0 Å². The van der Waals surface area contributed by atoms with Gasteiger partial charge in [-0.15, -0.1) is 0 Å². The van der Waals surface area contributed by atoms with Crippen molar-refractivity contribution in [2.45, 2.75) is 39.5 Å². The minimum atomic E-state index is -0.765. The molecular weight excluding hydrogens is 405 g/mol. The Morgan fingerprint density at radius 3 is 2.38 bits per heavy atom. The molecule has 166 valence electrons. The minimum absolute atomic E-state index is 0.00471. The lowest BCUT2D eigenvalue weighted by Gasteiger charge is -2.26. The molecule has 0 bridgehead atoms. The molecule has 3 heteroatoms. The van der Waals surface area contributed by atoms with Crippen LogP contribution >= 0.6 is 0 Å². The van der Waals surface area contributed by atoms with Gasteiger partial charge in [-0.3, -0.25) is 0 Å². The molecule has 0 amide bonds. The van der Waals surface area contributed by atoms with Crippen molar-refractivity contribution in [1.29, 1.82) is 0 Å². The number of benzene rings is 1. The smallest absolute Gasteiger partial charge is 0.161 e. The van der Waals surface area contributed by atoms with Crippen LogP contribution in [0.5, 0.6) is 0 Å². The molecule has 0 aromatic heterocycles. The Labute approximate surface area is 188 Å². The average molecular weight is 435 g/mol. The Morgan fingerprint density at radius 1 is 0.938 bits per heavy atom. The molecule has 0 fully saturated rings. The second-order valence-electron chi connectivity index (χ2n) is 8.86. The van der Waals surface area contributed by atoms with E-state index in [1.807, 2.05) is 49.4 Å². The van der Waals surface area contributed by atoms with E-state index in [2.05, 4.69) is 13.0 Å². The standard InChI is InChI=1S/C29H29F3/c1-3-20-9-16-25(27(30)18-20)22-12-6-21(7-13-22)8-14-24-15-17-26(29(32)28(24)31)23-10-4-19(2)5-11-23/h4-8,10,12-16,18,20,23,26H,3,9,11,17H2,1-2H3/b14-8+. The summed E-state index contributed by atoms with van der Waals surface area (Å²) in [5.74, 6) is -1.77. The summed E-state index contributed by atoms with van der Waals surface area (Å²) < 4.78 is 43.9. The molecule has 0 aliphatic heterocycles. The highest BCUT2D eigenvalue weighted by atomic mass is 19.2. The zero-order valence-corrected chi connectivity index (χ0v) is 18.6. The van der Waals surface area contributed by atoms with Crippen LogP contribution in [0.4, 0.5) is 13.2 Å². The van der Waals surface area contributed by atoms with Crippen molar-refractivity contribution in [2.75, 3.05) is 0 Å². The zero-order chi connectivity index (χ0) is 22.7. The van der Waals surface area contributed by atoms with Crippen molar-refractivity contribution in [2.24, 2.45) is 17.8 Å². The van der Waals surface area contributed by atoms with Gasteiger partial charge in [-0.05, 0) is 61.6 Å². The third-order valence-corrected chi connectivity index (χ3v) is 6.68. The Kier molecular flexibility index (Phi) is 6.83. The van der Waals surface area contributed by atoms with Crippen molar-refractivity contribution in [3.63, 3.8) is 0 Å². The predicted octanol–water partition coefficient (Wildman–Crippen LogP) is 8.99. The molecule has 4 rings (SSSR count). The molecule has 3 aliphatic rings. The molecule has 0 radical (unpaired) electrons. The summed E-state index contributed by atoms with van der Waals surface area (Å²) in [5, 5.41) is 0. The average Bonchev–Trinajstić information content (AvgIpc) is 2.81. The molecule has 0 saturated heterocycles. The minimum Gasteiger partial charge on any atom is -0.208 e. The second-order valence-corrected chi connectivity index (χ2v) is 8.86. The van der Waals surface area contributed by atoms with Crippen LogP contribution in [0.1, 0.15) is 50.7 Å². The van der Waals surface area contributed by atoms with Gasteiger partial charge >= 0.3 is 0 Å². The summed E-state index contributed by atoms with van der Waals surface area (Å²) in [6.07, 6.45) is 17.9. The highest BCUT2D eigenvalue weighted by Gasteiger charge is 2.30. The normalized spacial score (nSPS) is 26.1. The summed E-state index contributed by atoms with van der Waals surface area (Å²) in [4.78, 5) is 0. The van der Waals surface area contributed by atoms with Crippen LogP contribution in [0.3, 0.4) is 0 Å². The van der Waals surface area contributed by atoms with Gasteiger partial charge in [0.1, 0.15) is 11.7 Å². The first kappa shape index (κ1) is 22.4. The maximum atomic E-state index is 14.8. The van der Waals surface area contributed by atoms with Crippen LogP contribution in [-0.4, -0.2) is 0 Å². The largest absolute Gasteiger partial charge is 0.208 e. The lowest BCUT2D eigenvalue weighted by Crippen LogP contribution is -2.17. The van der Waals surface area contributed by atoms with Gasteiger partial charge in [0.05, 0.1) is 0 Å². The van der Waals surface area contributed by atoms with E-state index in [0.29, 0.717) is 12.0 Å². The number of allylic oxidation sites excluding steroid dienone is 13. The van der Waals surface area contributed by atoms with Crippen LogP contribution in [-0.2, 0) is 0 Å². The summed E-state index contributed by atoms with van der Waals surface area (Å²) in [6, 6.07) is 7.48. The molecule has 0 nitrogen and oxygen atoms in total. The molecule has 1 aromatic carbocycles. The van der Waals surface area contributed by atoms with Crippen LogP contribution in [0.25, 0.3) is 11.6 Å². The Bertz CT molecular complexity index is 1070. The molecule has 32 heavy (non-hydrogen) atoms. The lowest BCUT2D eigenvalue weighted by molar-refractivity contribution is 0.350. The van der Waals surface area contributed by atoms with Gasteiger partial charge in [-0.2, -0.15) is 0 Å². The van der Waals surface area contributed by atoms with E-state index in [-0.39, 0.29) is 23.2 Å². The predicted molar refractivity (Wildman–Crippen MR) is 127 cm³/mol.